The van der Waals surface area contributed by atoms with Gasteiger partial charge in [-0.05, 0) is 31.0 Å². The van der Waals surface area contributed by atoms with Gasteiger partial charge < -0.3 is 5.32 Å². The van der Waals surface area contributed by atoms with Crippen molar-refractivity contribution in [1.29, 1.82) is 0 Å². The summed E-state index contributed by atoms with van der Waals surface area (Å²) in [5.41, 5.74) is 1.47. The largest absolute Gasteiger partial charge is 0.312 e. The summed E-state index contributed by atoms with van der Waals surface area (Å²) in [5, 5.41) is 6.51. The second-order valence-corrected chi connectivity index (χ2v) is 7.35. The van der Waals surface area contributed by atoms with Crippen molar-refractivity contribution in [3.63, 3.8) is 0 Å². The lowest BCUT2D eigenvalue weighted by molar-refractivity contribution is 0.594. The van der Waals surface area contributed by atoms with Crippen LogP contribution in [0.25, 0.3) is 0 Å². The Morgan fingerprint density at radius 3 is 2.87 bits per heavy atom. The highest BCUT2D eigenvalue weighted by molar-refractivity contribution is 8.06. The molecule has 0 spiro atoms. The number of thioether (sulfide) groups is 2. The molecular formula is C11H17NS3. The molecule has 2 unspecified atom stereocenters. The second kappa shape index (κ2) is 5.62. The highest BCUT2D eigenvalue weighted by atomic mass is 32.2. The van der Waals surface area contributed by atoms with E-state index in [1.54, 1.807) is 0 Å². The van der Waals surface area contributed by atoms with Crippen molar-refractivity contribution >= 4 is 34.9 Å². The van der Waals surface area contributed by atoms with Crippen molar-refractivity contribution < 1.29 is 0 Å². The van der Waals surface area contributed by atoms with Gasteiger partial charge in [-0.25, -0.2) is 0 Å². The third kappa shape index (κ3) is 2.93. The van der Waals surface area contributed by atoms with E-state index < -0.39 is 0 Å². The highest BCUT2D eigenvalue weighted by Gasteiger charge is 2.25. The molecule has 0 amide bonds. The Hall–Kier alpha value is 0.360. The smallest absolute Gasteiger partial charge is 0.0454 e. The lowest BCUT2D eigenvalue weighted by Gasteiger charge is -2.28. The zero-order chi connectivity index (χ0) is 10.7. The minimum atomic E-state index is 0.535. The molecule has 0 aliphatic carbocycles. The Kier molecular flexibility index (Phi) is 4.43. The van der Waals surface area contributed by atoms with Gasteiger partial charge in [-0.3, -0.25) is 0 Å². The van der Waals surface area contributed by atoms with Gasteiger partial charge >= 0.3 is 0 Å². The van der Waals surface area contributed by atoms with Crippen LogP contribution in [0.1, 0.15) is 16.5 Å². The first kappa shape index (κ1) is 11.8. The first-order valence-corrected chi connectivity index (χ1v) is 8.31. The molecule has 2 rings (SSSR count). The van der Waals surface area contributed by atoms with Crippen LogP contribution in [0.2, 0.25) is 0 Å². The third-order valence-electron chi connectivity index (χ3n) is 2.63. The Balaban J connectivity index is 2.08. The van der Waals surface area contributed by atoms with Crippen molar-refractivity contribution in [2.24, 2.45) is 0 Å². The summed E-state index contributed by atoms with van der Waals surface area (Å²) in [6.07, 6.45) is 0. The molecular weight excluding hydrogens is 242 g/mol. The van der Waals surface area contributed by atoms with E-state index in [-0.39, 0.29) is 0 Å². The van der Waals surface area contributed by atoms with Gasteiger partial charge in [0.15, 0.2) is 0 Å². The maximum atomic E-state index is 3.47. The Labute approximate surface area is 104 Å². The molecule has 84 valence electrons. The summed E-state index contributed by atoms with van der Waals surface area (Å²) in [6.45, 7) is 2.18. The van der Waals surface area contributed by atoms with Crippen LogP contribution in [0.4, 0.5) is 0 Å². The average Bonchev–Trinajstić information content (AvgIpc) is 2.68. The molecule has 0 aromatic carbocycles. The van der Waals surface area contributed by atoms with Crippen LogP contribution in [-0.2, 0) is 0 Å². The predicted octanol–water partition coefficient (Wildman–Crippen LogP) is 3.17. The molecule has 0 saturated carbocycles. The van der Waals surface area contributed by atoms with Gasteiger partial charge in [0.2, 0.25) is 0 Å². The summed E-state index contributed by atoms with van der Waals surface area (Å²) in [7, 11) is 2.08. The maximum absolute atomic E-state index is 3.47. The van der Waals surface area contributed by atoms with Crippen LogP contribution in [0.15, 0.2) is 11.4 Å². The zero-order valence-electron chi connectivity index (χ0n) is 9.16. The fourth-order valence-corrected chi connectivity index (χ4v) is 5.54. The van der Waals surface area contributed by atoms with E-state index in [9.17, 15) is 0 Å². The summed E-state index contributed by atoms with van der Waals surface area (Å²) >= 11 is 6.07. The van der Waals surface area contributed by atoms with Crippen LogP contribution < -0.4 is 5.32 Å². The summed E-state index contributed by atoms with van der Waals surface area (Å²) in [6, 6.07) is 2.86. The van der Waals surface area contributed by atoms with Crippen molar-refractivity contribution in [3.8, 4) is 0 Å². The topological polar surface area (TPSA) is 12.0 Å². The van der Waals surface area contributed by atoms with E-state index in [2.05, 4.69) is 54.3 Å². The summed E-state index contributed by atoms with van der Waals surface area (Å²) in [4.78, 5) is 1.42. The van der Waals surface area contributed by atoms with Gasteiger partial charge in [-0.1, -0.05) is 0 Å². The highest BCUT2D eigenvalue weighted by Crippen LogP contribution is 2.34. The van der Waals surface area contributed by atoms with Crippen molar-refractivity contribution in [2.75, 3.05) is 24.3 Å². The summed E-state index contributed by atoms with van der Waals surface area (Å²) < 4.78 is 0. The molecule has 1 nitrogen and oxygen atoms in total. The van der Waals surface area contributed by atoms with Crippen molar-refractivity contribution in [3.05, 3.63) is 21.9 Å². The molecule has 2 heterocycles. The van der Waals surface area contributed by atoms with Gasteiger partial charge in [0.05, 0.1) is 0 Å². The number of aryl methyl sites for hydroxylation is 1. The van der Waals surface area contributed by atoms with Gasteiger partial charge in [0.1, 0.15) is 0 Å². The molecule has 2 atom stereocenters. The van der Waals surface area contributed by atoms with Gasteiger partial charge in [-0.15, -0.1) is 11.3 Å². The van der Waals surface area contributed by atoms with Crippen molar-refractivity contribution in [2.45, 2.75) is 18.2 Å². The second-order valence-electron chi connectivity index (χ2n) is 3.74. The number of nitrogens with one attached hydrogen (secondary N) is 1. The molecule has 1 aliphatic heterocycles. The monoisotopic (exact) mass is 259 g/mol. The third-order valence-corrected chi connectivity index (χ3v) is 6.38. The number of rotatable bonds is 3. The zero-order valence-corrected chi connectivity index (χ0v) is 11.6. The minimum Gasteiger partial charge on any atom is -0.312 e. The first-order chi connectivity index (χ1) is 7.31. The molecule has 1 N–H and O–H groups in total. The molecule has 15 heavy (non-hydrogen) atoms. The van der Waals surface area contributed by atoms with Gasteiger partial charge in [-0.2, -0.15) is 23.5 Å². The Morgan fingerprint density at radius 1 is 1.47 bits per heavy atom. The quantitative estimate of drug-likeness (QED) is 0.895. The number of hydrogen-bond acceptors (Lipinski definition) is 4. The Bertz CT molecular complexity index is 305. The minimum absolute atomic E-state index is 0.535. The fourth-order valence-electron chi connectivity index (χ4n) is 1.89. The van der Waals surface area contributed by atoms with Crippen LogP contribution >= 0.6 is 34.9 Å². The SMILES string of the molecule is CNC(c1csc(C)c1)C1CSCCS1. The van der Waals surface area contributed by atoms with E-state index in [0.29, 0.717) is 6.04 Å². The molecule has 0 radical (unpaired) electrons. The number of thiophene rings is 1. The average molecular weight is 259 g/mol. The van der Waals surface area contributed by atoms with E-state index in [4.69, 9.17) is 0 Å². The molecule has 4 heteroatoms. The maximum Gasteiger partial charge on any atom is 0.0454 e. The first-order valence-electron chi connectivity index (χ1n) is 5.23. The van der Waals surface area contributed by atoms with Crippen LogP contribution in [0, 0.1) is 6.92 Å². The lowest BCUT2D eigenvalue weighted by atomic mass is 10.1. The molecule has 0 bridgehead atoms. The van der Waals surface area contributed by atoms with Crippen LogP contribution in [0.3, 0.4) is 0 Å². The van der Waals surface area contributed by atoms with Gasteiger partial charge in [0, 0.05) is 33.4 Å². The van der Waals surface area contributed by atoms with E-state index in [1.165, 1.54) is 27.7 Å². The van der Waals surface area contributed by atoms with E-state index in [0.717, 1.165) is 5.25 Å². The fraction of sp³-hybridized carbons (Fsp3) is 0.636. The molecule has 1 fully saturated rings. The standard InChI is InChI=1S/C11H17NS3/c1-8-5-9(6-15-8)11(12-2)10-7-13-3-4-14-10/h5-6,10-12H,3-4,7H2,1-2H3. The Morgan fingerprint density at radius 2 is 2.33 bits per heavy atom. The van der Waals surface area contributed by atoms with Crippen LogP contribution in [-0.4, -0.2) is 29.6 Å². The van der Waals surface area contributed by atoms with E-state index in [1.807, 2.05) is 11.3 Å². The molecule has 1 saturated heterocycles. The van der Waals surface area contributed by atoms with Crippen molar-refractivity contribution in [1.82, 2.24) is 5.32 Å². The number of hydrogen-bond donors (Lipinski definition) is 1. The summed E-state index contributed by atoms with van der Waals surface area (Å²) in [5.74, 6) is 3.90. The van der Waals surface area contributed by atoms with E-state index >= 15 is 0 Å². The van der Waals surface area contributed by atoms with Gasteiger partial charge in [0.25, 0.3) is 0 Å². The molecule has 1 aromatic rings. The molecule has 1 aromatic heterocycles. The lowest BCUT2D eigenvalue weighted by Crippen LogP contribution is -2.31. The molecule has 1 aliphatic rings. The normalized spacial score (nSPS) is 24.0. The predicted molar refractivity (Wildman–Crippen MR) is 74.4 cm³/mol. The van der Waals surface area contributed by atoms with Crippen LogP contribution in [0.5, 0.6) is 0 Å².